The summed E-state index contributed by atoms with van der Waals surface area (Å²) in [7, 11) is -3.93. The summed E-state index contributed by atoms with van der Waals surface area (Å²) < 4.78 is 26.3. The van der Waals surface area contributed by atoms with Crippen molar-refractivity contribution in [3.05, 3.63) is 27.1 Å². The van der Waals surface area contributed by atoms with E-state index in [2.05, 4.69) is 42.1 Å². The molecule has 0 atom stereocenters. The molecule has 1 aromatic carbocycles. The normalized spacial score (nSPS) is 12.1. The summed E-state index contributed by atoms with van der Waals surface area (Å²) in [6, 6.07) is 5.39. The quantitative estimate of drug-likeness (QED) is 0.821. The van der Waals surface area contributed by atoms with Gasteiger partial charge in [-0.1, -0.05) is 31.9 Å². The number of hydrogen-bond donors (Lipinski definition) is 1. The van der Waals surface area contributed by atoms with Gasteiger partial charge in [-0.25, -0.2) is 13.6 Å². The van der Waals surface area contributed by atoms with Crippen molar-refractivity contribution in [2.45, 2.75) is 25.0 Å². The van der Waals surface area contributed by atoms with Crippen LogP contribution in [0.5, 0.6) is 0 Å². The lowest BCUT2D eigenvalue weighted by molar-refractivity contribution is 0.524. The van der Waals surface area contributed by atoms with Gasteiger partial charge < -0.3 is 0 Å². The largest absolute Gasteiger partial charge is 0.294 e. The van der Waals surface area contributed by atoms with Crippen molar-refractivity contribution >= 4 is 41.9 Å². The molecule has 0 aliphatic heterocycles. The maximum Gasteiger partial charge on any atom is 0.273 e. The van der Waals surface area contributed by atoms with E-state index in [-0.39, 0.29) is 11.2 Å². The van der Waals surface area contributed by atoms with Gasteiger partial charge >= 0.3 is 0 Å². The predicted molar refractivity (Wildman–Crippen MR) is 82.6 cm³/mol. The molecule has 2 rings (SSSR count). The summed E-state index contributed by atoms with van der Waals surface area (Å²) in [4.78, 5) is 0. The molecule has 1 heterocycles. The molecular formula is C11H12Br2N4O2S. The average Bonchev–Trinajstić information content (AvgIpc) is 2.76. The van der Waals surface area contributed by atoms with Crippen LogP contribution < -0.4 is 5.14 Å². The summed E-state index contributed by atoms with van der Waals surface area (Å²) in [6.07, 6.45) is 0. The summed E-state index contributed by atoms with van der Waals surface area (Å²) in [5.41, 5.74) is 0.732. The van der Waals surface area contributed by atoms with Gasteiger partial charge in [-0.3, -0.25) is 4.57 Å². The van der Waals surface area contributed by atoms with Crippen molar-refractivity contribution in [1.82, 2.24) is 14.8 Å². The third-order valence-corrected chi connectivity index (χ3v) is 4.58. The van der Waals surface area contributed by atoms with Crippen LogP contribution >= 0.6 is 31.9 Å². The Bertz CT molecular complexity index is 756. The van der Waals surface area contributed by atoms with Crippen LogP contribution in [0.4, 0.5) is 0 Å². The number of nitrogens with zero attached hydrogens (tertiary/aromatic N) is 3. The summed E-state index contributed by atoms with van der Waals surface area (Å²) in [5.74, 6) is 0.442. The second-order valence-corrected chi connectivity index (χ2v) is 7.66. The van der Waals surface area contributed by atoms with Crippen molar-refractivity contribution in [1.29, 1.82) is 0 Å². The SMILES string of the molecule is CC(C)n1c(-c2cc(Br)ccc2Br)nnc1S(N)(=O)=O. The van der Waals surface area contributed by atoms with Gasteiger partial charge in [0.2, 0.25) is 0 Å². The Morgan fingerprint density at radius 3 is 2.45 bits per heavy atom. The minimum absolute atomic E-state index is 0.154. The lowest BCUT2D eigenvalue weighted by atomic mass is 10.2. The Kier molecular flexibility index (Phi) is 4.33. The van der Waals surface area contributed by atoms with Gasteiger partial charge in [0.1, 0.15) is 0 Å². The van der Waals surface area contributed by atoms with Crippen molar-refractivity contribution < 1.29 is 8.42 Å². The lowest BCUT2D eigenvalue weighted by Crippen LogP contribution is -2.20. The van der Waals surface area contributed by atoms with Crippen LogP contribution in [0.25, 0.3) is 11.4 Å². The summed E-state index contributed by atoms with van der Waals surface area (Å²) in [5, 5.41) is 12.6. The first-order chi connectivity index (χ1) is 9.21. The van der Waals surface area contributed by atoms with E-state index in [1.807, 2.05) is 32.0 Å². The summed E-state index contributed by atoms with van der Waals surface area (Å²) in [6.45, 7) is 3.68. The molecule has 20 heavy (non-hydrogen) atoms. The molecular weight excluding hydrogens is 412 g/mol. The molecule has 9 heteroatoms. The Morgan fingerprint density at radius 2 is 1.90 bits per heavy atom. The van der Waals surface area contributed by atoms with Crippen LogP contribution in [0.3, 0.4) is 0 Å². The van der Waals surface area contributed by atoms with Crippen LogP contribution in [0.2, 0.25) is 0 Å². The van der Waals surface area contributed by atoms with E-state index in [0.29, 0.717) is 5.82 Å². The highest BCUT2D eigenvalue weighted by molar-refractivity contribution is 9.11. The number of nitrogens with two attached hydrogens (primary N) is 1. The minimum Gasteiger partial charge on any atom is -0.294 e. The standard InChI is InChI=1S/C11H12Br2N4O2S/c1-6(2)17-10(15-16-11(17)20(14,18)19)8-5-7(12)3-4-9(8)13/h3-6H,1-2H3,(H2,14,18,19). The van der Waals surface area contributed by atoms with Gasteiger partial charge in [0.25, 0.3) is 15.2 Å². The number of benzene rings is 1. The number of rotatable bonds is 3. The molecule has 0 spiro atoms. The van der Waals surface area contributed by atoms with Gasteiger partial charge in [-0.15, -0.1) is 10.2 Å². The van der Waals surface area contributed by atoms with Crippen LogP contribution in [0.1, 0.15) is 19.9 Å². The topological polar surface area (TPSA) is 90.9 Å². The fourth-order valence-electron chi connectivity index (χ4n) is 1.79. The first-order valence-corrected chi connectivity index (χ1v) is 8.78. The van der Waals surface area contributed by atoms with Crippen LogP contribution in [-0.2, 0) is 10.0 Å². The first kappa shape index (κ1) is 15.6. The molecule has 2 aromatic rings. The molecule has 0 unspecified atom stereocenters. The van der Waals surface area contributed by atoms with Crippen molar-refractivity contribution in [3.8, 4) is 11.4 Å². The highest BCUT2D eigenvalue weighted by atomic mass is 79.9. The Balaban J connectivity index is 2.76. The van der Waals surface area contributed by atoms with Crippen LogP contribution in [0, 0.1) is 0 Å². The minimum atomic E-state index is -3.93. The Labute approximate surface area is 133 Å². The third kappa shape index (κ3) is 2.95. The Hall–Kier alpha value is -0.770. The molecule has 0 bridgehead atoms. The number of aromatic nitrogens is 3. The molecule has 0 saturated heterocycles. The molecule has 0 amide bonds. The molecule has 6 nitrogen and oxygen atoms in total. The highest BCUT2D eigenvalue weighted by Crippen LogP contribution is 2.32. The van der Waals surface area contributed by atoms with Gasteiger partial charge in [0, 0.05) is 20.6 Å². The average molecular weight is 424 g/mol. The second kappa shape index (κ2) is 5.55. The smallest absolute Gasteiger partial charge is 0.273 e. The van der Waals surface area contributed by atoms with Gasteiger partial charge in [0.05, 0.1) is 0 Å². The molecule has 0 fully saturated rings. The van der Waals surface area contributed by atoms with E-state index in [9.17, 15) is 8.42 Å². The third-order valence-electron chi connectivity index (χ3n) is 2.60. The fraction of sp³-hybridized carbons (Fsp3) is 0.273. The lowest BCUT2D eigenvalue weighted by Gasteiger charge is -2.13. The number of hydrogen-bond acceptors (Lipinski definition) is 4. The molecule has 0 aliphatic rings. The van der Waals surface area contributed by atoms with Crippen molar-refractivity contribution in [2.24, 2.45) is 5.14 Å². The zero-order valence-corrected chi connectivity index (χ0v) is 14.7. The maximum absolute atomic E-state index is 11.6. The molecule has 1 aromatic heterocycles. The zero-order chi connectivity index (χ0) is 15.1. The number of sulfonamides is 1. The molecule has 108 valence electrons. The zero-order valence-electron chi connectivity index (χ0n) is 10.7. The van der Waals surface area contributed by atoms with E-state index >= 15 is 0 Å². The molecule has 0 aliphatic carbocycles. The van der Waals surface area contributed by atoms with Crippen molar-refractivity contribution in [3.63, 3.8) is 0 Å². The summed E-state index contributed by atoms with van der Waals surface area (Å²) >= 11 is 6.81. The Morgan fingerprint density at radius 1 is 1.25 bits per heavy atom. The van der Waals surface area contributed by atoms with E-state index in [1.54, 1.807) is 0 Å². The van der Waals surface area contributed by atoms with E-state index < -0.39 is 10.0 Å². The number of halogens is 2. The monoisotopic (exact) mass is 422 g/mol. The molecule has 0 radical (unpaired) electrons. The van der Waals surface area contributed by atoms with E-state index in [4.69, 9.17) is 5.14 Å². The second-order valence-electron chi connectivity index (χ2n) is 4.44. The fourth-order valence-corrected chi connectivity index (χ4v) is 3.30. The van der Waals surface area contributed by atoms with Crippen LogP contribution in [-0.4, -0.2) is 23.2 Å². The number of primary sulfonamides is 1. The van der Waals surface area contributed by atoms with Crippen LogP contribution in [0.15, 0.2) is 32.3 Å². The molecule has 0 saturated carbocycles. The molecule has 2 N–H and O–H groups in total. The maximum atomic E-state index is 11.6. The highest BCUT2D eigenvalue weighted by Gasteiger charge is 2.24. The predicted octanol–water partition coefficient (Wildman–Crippen LogP) is 2.70. The van der Waals surface area contributed by atoms with Crippen molar-refractivity contribution in [2.75, 3.05) is 0 Å². The van der Waals surface area contributed by atoms with E-state index in [1.165, 1.54) is 4.57 Å². The first-order valence-electron chi connectivity index (χ1n) is 5.65. The van der Waals surface area contributed by atoms with Gasteiger partial charge in [-0.05, 0) is 32.0 Å². The van der Waals surface area contributed by atoms with Gasteiger partial charge in [-0.2, -0.15) is 0 Å². The van der Waals surface area contributed by atoms with E-state index in [0.717, 1.165) is 14.5 Å². The van der Waals surface area contributed by atoms with Gasteiger partial charge in [0.15, 0.2) is 5.82 Å².